The van der Waals surface area contributed by atoms with Crippen LogP contribution in [0.4, 0.5) is 8.78 Å². The van der Waals surface area contributed by atoms with Gasteiger partial charge in [0.05, 0.1) is 0 Å². The van der Waals surface area contributed by atoms with E-state index in [1.807, 2.05) is 12.1 Å². The van der Waals surface area contributed by atoms with Gasteiger partial charge in [0.25, 0.3) is 0 Å². The summed E-state index contributed by atoms with van der Waals surface area (Å²) in [5.41, 5.74) is 3.06. The molecule has 2 heteroatoms. The molecule has 0 nitrogen and oxygen atoms in total. The summed E-state index contributed by atoms with van der Waals surface area (Å²) < 4.78 is 27.2. The number of fused-ring (bicyclic) bond motifs is 1. The number of benzene rings is 3. The number of hydrogen-bond acceptors (Lipinski definition) is 0. The molecule has 0 unspecified atom stereocenters. The zero-order valence-corrected chi connectivity index (χ0v) is 17.6. The second-order valence-corrected chi connectivity index (χ2v) is 8.52. The molecule has 1 aliphatic rings. The lowest BCUT2D eigenvalue weighted by Crippen LogP contribution is -2.13. The summed E-state index contributed by atoms with van der Waals surface area (Å²) in [4.78, 5) is 0. The van der Waals surface area contributed by atoms with Gasteiger partial charge in [-0.2, -0.15) is 0 Å². The first-order valence-electron chi connectivity index (χ1n) is 11.1. The quantitative estimate of drug-likeness (QED) is 0.388. The molecule has 0 amide bonds. The maximum atomic E-state index is 13.7. The van der Waals surface area contributed by atoms with Crippen LogP contribution in [-0.4, -0.2) is 0 Å². The average Bonchev–Trinajstić information content (AvgIpc) is 2.78. The lowest BCUT2D eigenvalue weighted by atomic mass is 9.77. The highest BCUT2D eigenvalue weighted by molar-refractivity contribution is 5.88. The van der Waals surface area contributed by atoms with Crippen molar-refractivity contribution in [3.05, 3.63) is 82.9 Å². The smallest absolute Gasteiger partial charge is 0.159 e. The Morgan fingerprint density at radius 1 is 0.867 bits per heavy atom. The Hall–Kier alpha value is -2.66. The van der Waals surface area contributed by atoms with Gasteiger partial charge >= 0.3 is 0 Å². The Morgan fingerprint density at radius 2 is 1.60 bits per heavy atom. The van der Waals surface area contributed by atoms with E-state index in [-0.39, 0.29) is 0 Å². The lowest BCUT2D eigenvalue weighted by molar-refractivity contribution is 0.304. The van der Waals surface area contributed by atoms with Crippen molar-refractivity contribution in [3.8, 4) is 11.8 Å². The summed E-state index contributed by atoms with van der Waals surface area (Å²) >= 11 is 0. The van der Waals surface area contributed by atoms with E-state index in [0.717, 1.165) is 11.5 Å². The van der Waals surface area contributed by atoms with E-state index in [2.05, 4.69) is 43.0 Å². The number of rotatable bonds is 4. The van der Waals surface area contributed by atoms with Gasteiger partial charge in [0, 0.05) is 16.5 Å². The minimum atomic E-state index is -0.842. The monoisotopic (exact) mass is 402 g/mol. The minimum absolute atomic E-state index is 0.639. The topological polar surface area (TPSA) is 0 Å². The highest BCUT2D eigenvalue weighted by atomic mass is 19.2. The molecule has 0 aliphatic heterocycles. The molecule has 1 saturated carbocycles. The van der Waals surface area contributed by atoms with Crippen molar-refractivity contribution in [1.82, 2.24) is 0 Å². The van der Waals surface area contributed by atoms with Crippen LogP contribution in [0.25, 0.3) is 10.8 Å². The minimum Gasteiger partial charge on any atom is -0.204 e. The molecule has 1 fully saturated rings. The molecule has 0 atom stereocenters. The van der Waals surface area contributed by atoms with Gasteiger partial charge in [0.2, 0.25) is 0 Å². The Bertz CT molecular complexity index is 1060. The summed E-state index contributed by atoms with van der Waals surface area (Å²) in [6, 6.07) is 16.5. The fourth-order valence-electron chi connectivity index (χ4n) is 4.64. The third-order valence-corrected chi connectivity index (χ3v) is 6.46. The summed E-state index contributed by atoms with van der Waals surface area (Å²) in [6.45, 7) is 2.27. The first kappa shape index (κ1) is 20.6. The van der Waals surface area contributed by atoms with E-state index in [4.69, 9.17) is 0 Å². The van der Waals surface area contributed by atoms with Gasteiger partial charge in [-0.15, -0.1) is 0 Å². The van der Waals surface area contributed by atoms with E-state index in [1.165, 1.54) is 62.6 Å². The molecule has 154 valence electrons. The summed E-state index contributed by atoms with van der Waals surface area (Å²) in [5.74, 6) is 6.23. The lowest BCUT2D eigenvalue weighted by Gasteiger charge is -2.28. The second kappa shape index (κ2) is 9.43. The Labute approximate surface area is 178 Å². The second-order valence-electron chi connectivity index (χ2n) is 8.52. The van der Waals surface area contributed by atoms with Crippen molar-refractivity contribution >= 4 is 10.8 Å². The Morgan fingerprint density at radius 3 is 2.33 bits per heavy atom. The largest absolute Gasteiger partial charge is 0.204 e. The number of halogens is 2. The van der Waals surface area contributed by atoms with Crippen LogP contribution in [0, 0.1) is 29.4 Å². The predicted octanol–water partition coefficient (Wildman–Crippen LogP) is 7.98. The normalized spacial score (nSPS) is 18.8. The van der Waals surface area contributed by atoms with Crippen molar-refractivity contribution in [2.24, 2.45) is 5.92 Å². The van der Waals surface area contributed by atoms with Gasteiger partial charge in [-0.3, -0.25) is 0 Å². The Kier molecular flexibility index (Phi) is 6.48. The zero-order valence-electron chi connectivity index (χ0n) is 17.6. The number of unbranched alkanes of at least 4 members (excludes halogenated alkanes) is 1. The van der Waals surface area contributed by atoms with Crippen molar-refractivity contribution < 1.29 is 8.78 Å². The van der Waals surface area contributed by atoms with Gasteiger partial charge in [0.15, 0.2) is 11.6 Å². The van der Waals surface area contributed by atoms with Gasteiger partial charge in [-0.05, 0) is 78.8 Å². The van der Waals surface area contributed by atoms with Crippen molar-refractivity contribution in [3.63, 3.8) is 0 Å². The highest BCUT2D eigenvalue weighted by Crippen LogP contribution is 2.37. The SMILES string of the molecule is CCCCC1CCC(c2ccc(C#Cc3cccc4cc(F)c(F)cc34)cc2)CC1. The molecule has 0 saturated heterocycles. The van der Waals surface area contributed by atoms with E-state index in [9.17, 15) is 8.78 Å². The Balaban J connectivity index is 1.46. The highest BCUT2D eigenvalue weighted by Gasteiger charge is 2.21. The first-order chi connectivity index (χ1) is 14.6. The molecule has 0 radical (unpaired) electrons. The van der Waals surface area contributed by atoms with Crippen LogP contribution >= 0.6 is 0 Å². The van der Waals surface area contributed by atoms with Crippen molar-refractivity contribution in [1.29, 1.82) is 0 Å². The molecule has 0 N–H and O–H groups in total. The molecule has 3 aromatic carbocycles. The van der Waals surface area contributed by atoms with E-state index in [1.54, 1.807) is 6.07 Å². The first-order valence-corrected chi connectivity index (χ1v) is 11.1. The average molecular weight is 403 g/mol. The molecule has 3 aromatic rings. The summed E-state index contributed by atoms with van der Waals surface area (Å²) in [6.07, 6.45) is 9.33. The number of hydrogen-bond donors (Lipinski definition) is 0. The maximum Gasteiger partial charge on any atom is 0.159 e. The molecule has 4 rings (SSSR count). The van der Waals surface area contributed by atoms with Crippen LogP contribution in [0.1, 0.15) is 74.5 Å². The standard InChI is InChI=1S/C28H28F2/c1-2-3-5-20-8-13-22(14-9-20)23-15-10-21(11-16-23)12-17-24-6-4-7-25-18-27(29)28(30)19-26(24)25/h4,6-7,10-11,15-16,18-20,22H,2-3,5,8-9,13-14H2,1H3. The van der Waals surface area contributed by atoms with Gasteiger partial charge in [0.1, 0.15) is 0 Å². The molecule has 0 bridgehead atoms. The summed E-state index contributed by atoms with van der Waals surface area (Å²) in [7, 11) is 0. The molecule has 0 heterocycles. The third kappa shape index (κ3) is 4.73. The molecule has 1 aliphatic carbocycles. The molecule has 0 aromatic heterocycles. The van der Waals surface area contributed by atoms with Crippen LogP contribution < -0.4 is 0 Å². The fourth-order valence-corrected chi connectivity index (χ4v) is 4.64. The summed E-state index contributed by atoms with van der Waals surface area (Å²) in [5, 5.41) is 1.30. The third-order valence-electron chi connectivity index (χ3n) is 6.46. The van der Waals surface area contributed by atoms with E-state index < -0.39 is 11.6 Å². The van der Waals surface area contributed by atoms with Gasteiger partial charge in [-0.1, -0.05) is 62.3 Å². The molecular formula is C28H28F2. The molecule has 0 spiro atoms. The zero-order chi connectivity index (χ0) is 20.9. The maximum absolute atomic E-state index is 13.7. The van der Waals surface area contributed by atoms with Crippen molar-refractivity contribution in [2.75, 3.05) is 0 Å². The van der Waals surface area contributed by atoms with Gasteiger partial charge < -0.3 is 0 Å². The van der Waals surface area contributed by atoms with Crippen LogP contribution in [0.2, 0.25) is 0 Å². The van der Waals surface area contributed by atoms with Crippen molar-refractivity contribution in [2.45, 2.75) is 57.8 Å². The van der Waals surface area contributed by atoms with Crippen LogP contribution in [-0.2, 0) is 0 Å². The fraction of sp³-hybridized carbons (Fsp3) is 0.357. The molecule has 30 heavy (non-hydrogen) atoms. The predicted molar refractivity (Wildman–Crippen MR) is 121 cm³/mol. The molecular weight excluding hydrogens is 374 g/mol. The van der Waals surface area contributed by atoms with Crippen LogP contribution in [0.15, 0.2) is 54.6 Å². The van der Waals surface area contributed by atoms with E-state index >= 15 is 0 Å². The van der Waals surface area contributed by atoms with Crippen LogP contribution in [0.5, 0.6) is 0 Å². The van der Waals surface area contributed by atoms with Gasteiger partial charge in [-0.25, -0.2) is 8.78 Å². The van der Waals surface area contributed by atoms with E-state index in [0.29, 0.717) is 22.3 Å². The van der Waals surface area contributed by atoms with Crippen LogP contribution in [0.3, 0.4) is 0 Å².